The second-order valence-corrected chi connectivity index (χ2v) is 10.1. The van der Waals surface area contributed by atoms with Gasteiger partial charge in [0.25, 0.3) is 5.91 Å². The van der Waals surface area contributed by atoms with Crippen LogP contribution in [0.2, 0.25) is 0 Å². The van der Waals surface area contributed by atoms with E-state index >= 15 is 0 Å². The maximum Gasteiger partial charge on any atom is 0.254 e. The van der Waals surface area contributed by atoms with Crippen LogP contribution in [-0.4, -0.2) is 54.2 Å². The molecule has 2 aliphatic heterocycles. The number of piperidine rings is 2. The highest BCUT2D eigenvalue weighted by atomic mass is 16.2. The number of ketones is 1. The predicted molar refractivity (Wildman–Crippen MR) is 132 cm³/mol. The molecule has 33 heavy (non-hydrogen) atoms. The maximum atomic E-state index is 13.3. The highest BCUT2D eigenvalue weighted by molar-refractivity contribution is 6.04. The molecule has 2 aromatic rings. The van der Waals surface area contributed by atoms with Crippen LogP contribution >= 0.6 is 0 Å². The number of likely N-dealkylation sites (tertiary alicyclic amines) is 2. The minimum Gasteiger partial charge on any atom is -0.339 e. The van der Waals surface area contributed by atoms with E-state index in [9.17, 15) is 9.59 Å². The number of hydrogen-bond acceptors (Lipinski definition) is 3. The molecule has 4 heteroatoms. The van der Waals surface area contributed by atoms with Gasteiger partial charge in [0.15, 0.2) is 5.78 Å². The number of benzene rings is 2. The van der Waals surface area contributed by atoms with Gasteiger partial charge >= 0.3 is 0 Å². The number of carbonyl (C=O) groups is 2. The maximum absolute atomic E-state index is 13.3. The lowest BCUT2D eigenvalue weighted by molar-refractivity contribution is 0.0722. The van der Waals surface area contributed by atoms with Crippen molar-refractivity contribution in [2.24, 2.45) is 5.92 Å². The van der Waals surface area contributed by atoms with E-state index in [0.717, 1.165) is 81.5 Å². The summed E-state index contributed by atoms with van der Waals surface area (Å²) in [4.78, 5) is 31.0. The number of fused-ring (bicyclic) bond motifs is 1. The molecule has 0 aromatic heterocycles. The van der Waals surface area contributed by atoms with Gasteiger partial charge in [0.05, 0.1) is 0 Å². The summed E-state index contributed by atoms with van der Waals surface area (Å²) in [5, 5.41) is 0. The molecule has 1 amide bonds. The topological polar surface area (TPSA) is 40.6 Å². The first-order valence-electron chi connectivity index (χ1n) is 12.9. The second kappa shape index (κ2) is 10.2. The lowest BCUT2D eigenvalue weighted by Gasteiger charge is -2.34. The van der Waals surface area contributed by atoms with Crippen LogP contribution < -0.4 is 0 Å². The predicted octanol–water partition coefficient (Wildman–Crippen LogP) is 5.33. The van der Waals surface area contributed by atoms with E-state index in [1.165, 1.54) is 24.8 Å². The number of Topliss-reactive ketones (excluding diaryl/α,β-unsaturated/α-hetero) is 1. The van der Waals surface area contributed by atoms with E-state index in [1.807, 2.05) is 23.1 Å². The van der Waals surface area contributed by atoms with Crippen LogP contribution in [0.25, 0.3) is 0 Å². The Labute approximate surface area is 198 Å². The monoisotopic (exact) mass is 444 g/mol. The molecule has 174 valence electrons. The molecule has 2 saturated heterocycles. The molecule has 2 fully saturated rings. The van der Waals surface area contributed by atoms with Crippen molar-refractivity contribution in [2.45, 2.75) is 57.3 Å². The first-order chi connectivity index (χ1) is 16.2. The van der Waals surface area contributed by atoms with Crippen LogP contribution in [-0.2, 0) is 6.42 Å². The lowest BCUT2D eigenvalue weighted by atomic mass is 9.79. The summed E-state index contributed by atoms with van der Waals surface area (Å²) in [7, 11) is 0. The summed E-state index contributed by atoms with van der Waals surface area (Å²) in [5.74, 6) is 1.13. The molecule has 5 rings (SSSR count). The third-order valence-electron chi connectivity index (χ3n) is 8.08. The fourth-order valence-electron chi connectivity index (χ4n) is 6.05. The van der Waals surface area contributed by atoms with Crippen molar-refractivity contribution < 1.29 is 9.59 Å². The van der Waals surface area contributed by atoms with Crippen LogP contribution in [0.1, 0.15) is 82.7 Å². The minimum atomic E-state index is 0.0877. The quantitative estimate of drug-likeness (QED) is 0.626. The molecular formula is C29H36N2O2. The van der Waals surface area contributed by atoms with E-state index < -0.39 is 0 Å². The van der Waals surface area contributed by atoms with Gasteiger partial charge in [-0.2, -0.15) is 0 Å². The highest BCUT2D eigenvalue weighted by Crippen LogP contribution is 2.32. The number of rotatable bonds is 5. The molecule has 0 radical (unpaired) electrons. The Hall–Kier alpha value is -2.46. The number of amides is 1. The number of nitrogens with zero attached hydrogens (tertiary/aromatic N) is 2. The van der Waals surface area contributed by atoms with Gasteiger partial charge in [-0.1, -0.05) is 42.5 Å². The van der Waals surface area contributed by atoms with E-state index in [2.05, 4.69) is 35.2 Å². The zero-order valence-electron chi connectivity index (χ0n) is 19.7. The molecule has 1 atom stereocenters. The molecule has 1 aliphatic carbocycles. The molecule has 2 aromatic carbocycles. The summed E-state index contributed by atoms with van der Waals surface area (Å²) in [6.07, 6.45) is 8.43. The molecular weight excluding hydrogens is 408 g/mol. The summed E-state index contributed by atoms with van der Waals surface area (Å²) < 4.78 is 0. The Morgan fingerprint density at radius 3 is 2.36 bits per heavy atom. The van der Waals surface area contributed by atoms with E-state index in [-0.39, 0.29) is 17.6 Å². The highest BCUT2D eigenvalue weighted by Gasteiger charge is 2.32. The van der Waals surface area contributed by atoms with Crippen molar-refractivity contribution in [3.63, 3.8) is 0 Å². The fraction of sp³-hybridized carbons (Fsp3) is 0.517. The number of carbonyl (C=O) groups excluding carboxylic acids is 2. The van der Waals surface area contributed by atoms with Gasteiger partial charge in [-0.25, -0.2) is 0 Å². The molecule has 1 unspecified atom stereocenters. The zero-order valence-corrected chi connectivity index (χ0v) is 19.7. The summed E-state index contributed by atoms with van der Waals surface area (Å²) in [5.41, 5.74) is 4.03. The van der Waals surface area contributed by atoms with Gasteiger partial charge in [0.1, 0.15) is 0 Å². The van der Waals surface area contributed by atoms with Crippen molar-refractivity contribution in [1.82, 2.24) is 9.80 Å². The van der Waals surface area contributed by atoms with Crippen molar-refractivity contribution in [3.8, 4) is 0 Å². The first kappa shape index (κ1) is 22.3. The average molecular weight is 445 g/mol. The molecule has 2 heterocycles. The van der Waals surface area contributed by atoms with Crippen LogP contribution in [0.4, 0.5) is 0 Å². The minimum absolute atomic E-state index is 0.0877. The Morgan fingerprint density at radius 2 is 1.61 bits per heavy atom. The molecule has 0 N–H and O–H groups in total. The fourth-order valence-corrected chi connectivity index (χ4v) is 6.05. The third kappa shape index (κ3) is 4.91. The zero-order chi connectivity index (χ0) is 22.6. The van der Waals surface area contributed by atoms with E-state index in [1.54, 1.807) is 0 Å². The van der Waals surface area contributed by atoms with Crippen molar-refractivity contribution in [2.75, 3.05) is 32.7 Å². The van der Waals surface area contributed by atoms with E-state index in [4.69, 9.17) is 0 Å². The van der Waals surface area contributed by atoms with Gasteiger partial charge in [-0.3, -0.25) is 9.59 Å². The van der Waals surface area contributed by atoms with Crippen molar-refractivity contribution in [1.29, 1.82) is 0 Å². The van der Waals surface area contributed by atoms with Crippen molar-refractivity contribution in [3.05, 3.63) is 70.8 Å². The first-order valence-corrected chi connectivity index (χ1v) is 12.9. The van der Waals surface area contributed by atoms with Gasteiger partial charge in [0, 0.05) is 30.1 Å². The summed E-state index contributed by atoms with van der Waals surface area (Å²) in [6, 6.07) is 16.7. The van der Waals surface area contributed by atoms with Crippen LogP contribution in [0, 0.1) is 5.92 Å². The standard InChI is InChI=1S/C29H36N2O2/c32-28-24(16-21-30-19-14-23(15-20-30)22-8-3-1-4-9-22)12-13-25-26(28)10-7-11-27(25)29(33)31-17-5-2-6-18-31/h1,3-4,7-11,23-24H,2,5-6,12-21H2. The molecule has 0 spiro atoms. The number of hydrogen-bond donors (Lipinski definition) is 0. The van der Waals surface area contributed by atoms with Gasteiger partial charge in [-0.15, -0.1) is 0 Å². The Kier molecular flexibility index (Phi) is 6.91. The van der Waals surface area contributed by atoms with Gasteiger partial charge in [0.2, 0.25) is 0 Å². The summed E-state index contributed by atoms with van der Waals surface area (Å²) >= 11 is 0. The largest absolute Gasteiger partial charge is 0.339 e. The Morgan fingerprint density at radius 1 is 0.848 bits per heavy atom. The second-order valence-electron chi connectivity index (χ2n) is 10.1. The van der Waals surface area contributed by atoms with E-state index in [0.29, 0.717) is 5.92 Å². The molecule has 0 bridgehead atoms. The van der Waals surface area contributed by atoms with Crippen LogP contribution in [0.5, 0.6) is 0 Å². The van der Waals surface area contributed by atoms with Crippen molar-refractivity contribution >= 4 is 11.7 Å². The van der Waals surface area contributed by atoms with Gasteiger partial charge < -0.3 is 9.80 Å². The lowest BCUT2D eigenvalue weighted by Crippen LogP contribution is -2.37. The Balaban J connectivity index is 1.18. The normalized spacial score (nSPS) is 22.2. The average Bonchev–Trinajstić information content (AvgIpc) is 2.89. The molecule has 3 aliphatic rings. The smallest absolute Gasteiger partial charge is 0.254 e. The van der Waals surface area contributed by atoms with Gasteiger partial charge in [-0.05, 0) is 94.1 Å². The molecule has 0 saturated carbocycles. The van der Waals surface area contributed by atoms with Crippen LogP contribution in [0.15, 0.2) is 48.5 Å². The molecule has 4 nitrogen and oxygen atoms in total. The summed E-state index contributed by atoms with van der Waals surface area (Å²) in [6.45, 7) is 4.93. The SMILES string of the molecule is O=C1c2cccc(C(=O)N3CCCCC3)c2CCC1CCN1CCC(c2ccccc2)CC1. The third-order valence-corrected chi connectivity index (χ3v) is 8.08. The Bertz CT molecular complexity index is 972. The van der Waals surface area contributed by atoms with Crippen LogP contribution in [0.3, 0.4) is 0 Å².